The van der Waals surface area contributed by atoms with Gasteiger partial charge in [-0.2, -0.15) is 10.1 Å². The van der Waals surface area contributed by atoms with E-state index < -0.39 is 0 Å². The third-order valence-electron chi connectivity index (χ3n) is 5.08. The fourth-order valence-corrected chi connectivity index (χ4v) is 3.29. The second-order valence-corrected chi connectivity index (χ2v) is 8.72. The number of amidine groups is 1. The lowest BCUT2D eigenvalue weighted by molar-refractivity contribution is 0.112. The number of carbonyl (C=O) groups excluding carboxylic acids is 1. The van der Waals surface area contributed by atoms with Gasteiger partial charge in [-0.25, -0.2) is 5.01 Å². The van der Waals surface area contributed by atoms with Gasteiger partial charge < -0.3 is 9.84 Å². The number of aryl methyl sites for hydroxylation is 1. The summed E-state index contributed by atoms with van der Waals surface area (Å²) < 4.78 is 5.40. The highest BCUT2D eigenvalue weighted by atomic mass is 16.5. The zero-order valence-corrected chi connectivity index (χ0v) is 22.2. The molecule has 7 heteroatoms. The molecule has 2 aliphatic rings. The van der Waals surface area contributed by atoms with Crippen LogP contribution in [0.15, 0.2) is 52.5 Å². The van der Waals surface area contributed by atoms with E-state index in [1.807, 2.05) is 57.8 Å². The number of hydrazone groups is 2. The number of aliphatic hydroxyl groups excluding tert-OH is 1. The van der Waals surface area contributed by atoms with Crippen molar-refractivity contribution < 1.29 is 14.6 Å². The number of aldehydes is 1. The van der Waals surface area contributed by atoms with Gasteiger partial charge in [-0.1, -0.05) is 47.3 Å². The van der Waals surface area contributed by atoms with E-state index in [9.17, 15) is 4.79 Å². The number of nitrogens with zero attached hydrogens (tertiary/aromatic N) is 4. The number of hydrogen-bond acceptors (Lipinski definition) is 7. The molecule has 2 heterocycles. The fourth-order valence-electron chi connectivity index (χ4n) is 3.29. The Morgan fingerprint density at radius 2 is 1.82 bits per heavy atom. The topological polar surface area (TPSA) is 77.7 Å². The van der Waals surface area contributed by atoms with Gasteiger partial charge >= 0.3 is 0 Å². The molecule has 0 fully saturated rings. The quantitative estimate of drug-likeness (QED) is 0.558. The van der Waals surface area contributed by atoms with Gasteiger partial charge in [-0.15, -0.1) is 5.10 Å². The Hall–Kier alpha value is -2.93. The zero-order chi connectivity index (χ0) is 25.9. The summed E-state index contributed by atoms with van der Waals surface area (Å²) in [4.78, 5) is 10.9. The van der Waals surface area contributed by atoms with Crippen LogP contribution in [-0.2, 0) is 16.6 Å². The van der Waals surface area contributed by atoms with Crippen molar-refractivity contribution in [1.82, 2.24) is 10.0 Å². The van der Waals surface area contributed by atoms with Crippen LogP contribution in [0.5, 0.6) is 0 Å². The minimum absolute atomic E-state index is 0.0486. The molecule has 0 aromatic heterocycles. The summed E-state index contributed by atoms with van der Waals surface area (Å²) in [5, 5.41) is 21.1. The monoisotopic (exact) mass is 470 g/mol. The highest BCUT2D eigenvalue weighted by Crippen LogP contribution is 2.26. The molecule has 1 N–H and O–H groups in total. The Kier molecular flexibility index (Phi) is 11.7. The average Bonchev–Trinajstić information content (AvgIpc) is 3.15. The summed E-state index contributed by atoms with van der Waals surface area (Å²) in [6.45, 7) is 21.9. The SMILES string of the molecule is C=C1N(CC)N=C2C(C)=CC(OCC)=NN12.CC.CC(C)(C)c1cc(C=O)cc(CCCO)c1. The zero-order valence-electron chi connectivity index (χ0n) is 22.2. The molecular formula is C27H42N4O3. The first-order chi connectivity index (χ1) is 16.1. The van der Waals surface area contributed by atoms with Crippen LogP contribution in [0.4, 0.5) is 0 Å². The molecule has 0 aliphatic carbocycles. The fraction of sp³-hybridized carbons (Fsp3) is 0.519. The second kappa shape index (κ2) is 13.7. The van der Waals surface area contributed by atoms with Crippen LogP contribution in [-0.4, -0.2) is 52.9 Å². The number of rotatable bonds is 6. The molecule has 0 unspecified atom stereocenters. The molecule has 0 bridgehead atoms. The molecule has 0 saturated carbocycles. The lowest BCUT2D eigenvalue weighted by Gasteiger charge is -2.21. The lowest BCUT2D eigenvalue weighted by atomic mass is 9.84. The molecule has 188 valence electrons. The van der Waals surface area contributed by atoms with Crippen LogP contribution in [0, 0.1) is 0 Å². The molecule has 0 saturated heterocycles. The van der Waals surface area contributed by atoms with Gasteiger partial charge in [0.2, 0.25) is 5.90 Å². The minimum atomic E-state index is 0.0486. The van der Waals surface area contributed by atoms with Gasteiger partial charge in [0, 0.05) is 30.4 Å². The van der Waals surface area contributed by atoms with Gasteiger partial charge in [-0.05, 0) is 62.3 Å². The van der Waals surface area contributed by atoms with E-state index in [0.717, 1.165) is 54.0 Å². The van der Waals surface area contributed by atoms with Crippen molar-refractivity contribution in [2.24, 2.45) is 10.2 Å². The van der Waals surface area contributed by atoms with Crippen molar-refractivity contribution in [1.29, 1.82) is 0 Å². The van der Waals surface area contributed by atoms with Gasteiger partial charge in [0.05, 0.1) is 6.61 Å². The molecular weight excluding hydrogens is 428 g/mol. The Morgan fingerprint density at radius 3 is 2.35 bits per heavy atom. The van der Waals surface area contributed by atoms with Crippen molar-refractivity contribution in [2.45, 2.75) is 73.6 Å². The maximum absolute atomic E-state index is 10.9. The first-order valence-corrected chi connectivity index (χ1v) is 12.1. The maximum Gasteiger partial charge on any atom is 0.232 e. The Labute approximate surface area is 205 Å². The normalized spacial score (nSPS) is 14.6. The lowest BCUT2D eigenvalue weighted by Crippen LogP contribution is -2.29. The number of ether oxygens (including phenoxy) is 1. The summed E-state index contributed by atoms with van der Waals surface area (Å²) in [5.41, 5.74) is 4.11. The van der Waals surface area contributed by atoms with E-state index in [0.29, 0.717) is 12.5 Å². The van der Waals surface area contributed by atoms with Crippen molar-refractivity contribution in [2.75, 3.05) is 19.8 Å². The summed E-state index contributed by atoms with van der Waals surface area (Å²) in [6.07, 6.45) is 4.34. The second-order valence-electron chi connectivity index (χ2n) is 8.72. The largest absolute Gasteiger partial charge is 0.477 e. The van der Waals surface area contributed by atoms with E-state index >= 15 is 0 Å². The summed E-state index contributed by atoms with van der Waals surface area (Å²) in [6, 6.07) is 5.97. The smallest absolute Gasteiger partial charge is 0.232 e. The van der Waals surface area contributed by atoms with Gasteiger partial charge in [0.1, 0.15) is 12.1 Å². The van der Waals surface area contributed by atoms with E-state index in [1.54, 1.807) is 5.01 Å². The molecule has 3 rings (SSSR count). The first kappa shape index (κ1) is 29.1. The van der Waals surface area contributed by atoms with E-state index in [-0.39, 0.29) is 12.0 Å². The predicted molar refractivity (Wildman–Crippen MR) is 141 cm³/mol. The molecule has 0 atom stereocenters. The maximum atomic E-state index is 10.9. The average molecular weight is 471 g/mol. The van der Waals surface area contributed by atoms with Crippen LogP contribution in [0.1, 0.15) is 83.3 Å². The molecule has 7 nitrogen and oxygen atoms in total. The van der Waals surface area contributed by atoms with Crippen molar-refractivity contribution in [3.8, 4) is 0 Å². The highest BCUT2D eigenvalue weighted by Gasteiger charge is 2.30. The highest BCUT2D eigenvalue weighted by molar-refractivity contribution is 6.08. The van der Waals surface area contributed by atoms with Crippen LogP contribution < -0.4 is 0 Å². The number of carbonyl (C=O) groups is 1. The predicted octanol–water partition coefficient (Wildman–Crippen LogP) is 5.47. The van der Waals surface area contributed by atoms with Crippen molar-refractivity contribution in [3.05, 3.63) is 58.9 Å². The molecule has 0 spiro atoms. The van der Waals surface area contributed by atoms with Crippen molar-refractivity contribution in [3.63, 3.8) is 0 Å². The van der Waals surface area contributed by atoms with Crippen LogP contribution in [0.2, 0.25) is 0 Å². The molecule has 1 aromatic carbocycles. The molecule has 1 aromatic rings. The van der Waals surface area contributed by atoms with Gasteiger partial charge in [0.15, 0.2) is 5.84 Å². The number of aliphatic hydroxyl groups is 1. The van der Waals surface area contributed by atoms with Crippen LogP contribution >= 0.6 is 0 Å². The summed E-state index contributed by atoms with van der Waals surface area (Å²) in [5.74, 6) is 2.20. The molecule has 2 aliphatic heterocycles. The number of hydrogen-bond donors (Lipinski definition) is 1. The van der Waals surface area contributed by atoms with Crippen LogP contribution in [0.25, 0.3) is 0 Å². The molecule has 34 heavy (non-hydrogen) atoms. The summed E-state index contributed by atoms with van der Waals surface area (Å²) >= 11 is 0. The van der Waals surface area contributed by atoms with Crippen molar-refractivity contribution >= 4 is 18.0 Å². The van der Waals surface area contributed by atoms with Gasteiger partial charge in [-0.3, -0.25) is 4.79 Å². The van der Waals surface area contributed by atoms with Crippen LogP contribution in [0.3, 0.4) is 0 Å². The van der Waals surface area contributed by atoms with E-state index in [4.69, 9.17) is 9.84 Å². The third-order valence-corrected chi connectivity index (χ3v) is 5.08. The third kappa shape index (κ3) is 7.83. The Morgan fingerprint density at radius 1 is 1.15 bits per heavy atom. The van der Waals surface area contributed by atoms with E-state index in [1.165, 1.54) is 5.56 Å². The Balaban J connectivity index is 0.000000317. The minimum Gasteiger partial charge on any atom is -0.477 e. The first-order valence-electron chi connectivity index (χ1n) is 12.1. The standard InChI is InChI=1S/C14H20O2.C11H16N4O.C2H6/c1-14(2,3)13-8-11(5-4-6-15)7-12(9-13)10-16;1-5-14-9(4)15-11(13-14)8(3)7-10(12-15)16-6-2;1-2/h7-10,15H,4-6H2,1-3H3;7H,4-6H2,1-3H3;1-2H3. The van der Waals surface area contributed by atoms with E-state index in [2.05, 4.69) is 43.6 Å². The summed E-state index contributed by atoms with van der Waals surface area (Å²) in [7, 11) is 0. The molecule has 0 amide bonds. The van der Waals surface area contributed by atoms with Gasteiger partial charge in [0.25, 0.3) is 0 Å². The Bertz CT molecular complexity index is 926. The number of fused-ring (bicyclic) bond motifs is 1. The number of benzene rings is 1. The molecule has 0 radical (unpaired) electrons.